The molecule has 0 N–H and O–H groups in total. The average molecular weight is 424 g/mol. The minimum atomic E-state index is -1.30. The van der Waals surface area contributed by atoms with Gasteiger partial charge in [0.05, 0.1) is 50.4 Å². The second kappa shape index (κ2) is 7.67. The molecule has 0 aromatic heterocycles. The molecule has 3 aliphatic rings. The molecule has 2 bridgehead atoms. The third-order valence-corrected chi connectivity index (χ3v) is 7.57. The van der Waals surface area contributed by atoms with Crippen LogP contribution in [0.4, 0.5) is 0 Å². The van der Waals surface area contributed by atoms with Gasteiger partial charge in [-0.05, 0) is 43.9 Å². The first kappa shape index (κ1) is 22.2. The summed E-state index contributed by atoms with van der Waals surface area (Å²) in [5.41, 5.74) is -1.30. The van der Waals surface area contributed by atoms with Gasteiger partial charge in [0, 0.05) is 0 Å². The quantitative estimate of drug-likeness (QED) is 0.361. The number of fused-ring (bicyclic) bond motifs is 2. The van der Waals surface area contributed by atoms with Crippen molar-refractivity contribution < 1.29 is 42.9 Å². The topological polar surface area (TPSA) is 122 Å². The van der Waals surface area contributed by atoms with E-state index in [1.807, 2.05) is 6.92 Å². The Morgan fingerprint density at radius 1 is 0.900 bits per heavy atom. The SMILES string of the molecule is COC(=O)C1C2CC(C1C(=O)OC)C(C1C(=O)OC(=O)C1C(C)(C)C(=O)OC)C2C. The second-order valence-electron chi connectivity index (χ2n) is 9.05. The zero-order valence-electron chi connectivity index (χ0n) is 18.0. The van der Waals surface area contributed by atoms with Crippen LogP contribution in [0.3, 0.4) is 0 Å². The van der Waals surface area contributed by atoms with Crippen LogP contribution in [0.15, 0.2) is 0 Å². The molecule has 2 aliphatic carbocycles. The van der Waals surface area contributed by atoms with Crippen molar-refractivity contribution in [3.05, 3.63) is 0 Å². The molecule has 9 nitrogen and oxygen atoms in total. The minimum absolute atomic E-state index is 0.167. The third kappa shape index (κ3) is 3.01. The Morgan fingerprint density at radius 2 is 1.43 bits per heavy atom. The molecule has 166 valence electrons. The van der Waals surface area contributed by atoms with Gasteiger partial charge >= 0.3 is 29.8 Å². The molecular weight excluding hydrogens is 396 g/mol. The van der Waals surface area contributed by atoms with Crippen LogP contribution in [-0.2, 0) is 42.9 Å². The largest absolute Gasteiger partial charge is 0.469 e. The summed E-state index contributed by atoms with van der Waals surface area (Å²) in [5, 5.41) is 0. The van der Waals surface area contributed by atoms with Gasteiger partial charge in [-0.1, -0.05) is 6.92 Å². The lowest BCUT2D eigenvalue weighted by molar-refractivity contribution is -0.166. The van der Waals surface area contributed by atoms with Crippen molar-refractivity contribution >= 4 is 29.8 Å². The summed E-state index contributed by atoms with van der Waals surface area (Å²) in [5.74, 6) is -7.71. The second-order valence-corrected chi connectivity index (χ2v) is 9.05. The standard InChI is InChI=1S/C21H28O9/c1-8-9-7-10(13(17(23)28-5)12(9)16(22)27-4)11(8)14-15(19(25)30-18(14)24)21(2,3)20(26)29-6/h8-15H,7H2,1-6H3. The smallest absolute Gasteiger partial charge is 0.318 e. The fourth-order valence-electron chi connectivity index (χ4n) is 6.29. The number of cyclic esters (lactones) is 2. The molecule has 0 aromatic carbocycles. The van der Waals surface area contributed by atoms with E-state index in [9.17, 15) is 24.0 Å². The molecule has 8 atom stereocenters. The van der Waals surface area contributed by atoms with E-state index in [1.54, 1.807) is 13.8 Å². The van der Waals surface area contributed by atoms with Crippen LogP contribution in [0.1, 0.15) is 27.2 Å². The zero-order valence-corrected chi connectivity index (χ0v) is 18.0. The summed E-state index contributed by atoms with van der Waals surface area (Å²) in [6.45, 7) is 4.99. The van der Waals surface area contributed by atoms with Crippen molar-refractivity contribution in [3.8, 4) is 0 Å². The van der Waals surface area contributed by atoms with Gasteiger partial charge in [-0.25, -0.2) is 0 Å². The van der Waals surface area contributed by atoms with Crippen molar-refractivity contribution in [1.29, 1.82) is 0 Å². The van der Waals surface area contributed by atoms with E-state index < -0.39 is 64.9 Å². The van der Waals surface area contributed by atoms with Crippen molar-refractivity contribution in [2.75, 3.05) is 21.3 Å². The lowest BCUT2D eigenvalue weighted by Gasteiger charge is -2.41. The van der Waals surface area contributed by atoms with Gasteiger partial charge < -0.3 is 18.9 Å². The lowest BCUT2D eigenvalue weighted by atomic mass is 9.59. The van der Waals surface area contributed by atoms with Crippen LogP contribution < -0.4 is 0 Å². The van der Waals surface area contributed by atoms with E-state index in [0.717, 1.165) is 0 Å². The van der Waals surface area contributed by atoms with Crippen LogP contribution in [0.5, 0.6) is 0 Å². The van der Waals surface area contributed by atoms with E-state index in [2.05, 4.69) is 0 Å². The van der Waals surface area contributed by atoms with Gasteiger partial charge in [-0.15, -0.1) is 0 Å². The van der Waals surface area contributed by atoms with E-state index in [4.69, 9.17) is 18.9 Å². The zero-order chi connectivity index (χ0) is 22.5. The Hall–Kier alpha value is -2.45. The molecular formula is C21H28O9. The molecule has 0 spiro atoms. The van der Waals surface area contributed by atoms with Crippen LogP contribution in [0.2, 0.25) is 0 Å². The van der Waals surface area contributed by atoms with Crippen molar-refractivity contribution in [2.24, 2.45) is 52.8 Å². The number of hydrogen-bond donors (Lipinski definition) is 0. The molecule has 0 radical (unpaired) electrons. The fraction of sp³-hybridized carbons (Fsp3) is 0.762. The molecule has 1 heterocycles. The van der Waals surface area contributed by atoms with Crippen molar-refractivity contribution in [1.82, 2.24) is 0 Å². The van der Waals surface area contributed by atoms with E-state index in [0.29, 0.717) is 6.42 Å². The van der Waals surface area contributed by atoms with Gasteiger partial charge in [-0.3, -0.25) is 24.0 Å². The first-order valence-corrected chi connectivity index (χ1v) is 10.0. The van der Waals surface area contributed by atoms with Crippen LogP contribution in [0, 0.1) is 52.8 Å². The number of ether oxygens (including phenoxy) is 4. The highest BCUT2D eigenvalue weighted by molar-refractivity contribution is 6.00. The highest BCUT2D eigenvalue weighted by Gasteiger charge is 2.68. The molecule has 1 aliphatic heterocycles. The molecule has 1 saturated heterocycles. The summed E-state index contributed by atoms with van der Waals surface area (Å²) in [4.78, 5) is 62.8. The number of carbonyl (C=O) groups is 5. The maximum Gasteiger partial charge on any atom is 0.318 e. The van der Waals surface area contributed by atoms with Gasteiger partial charge in [-0.2, -0.15) is 0 Å². The summed E-state index contributed by atoms with van der Waals surface area (Å²) < 4.78 is 19.7. The van der Waals surface area contributed by atoms with Gasteiger partial charge in [0.1, 0.15) is 0 Å². The monoisotopic (exact) mass is 424 g/mol. The van der Waals surface area contributed by atoms with E-state index in [-0.39, 0.29) is 17.8 Å². The van der Waals surface area contributed by atoms with E-state index in [1.165, 1.54) is 21.3 Å². The first-order valence-electron chi connectivity index (χ1n) is 10.0. The summed E-state index contributed by atoms with van der Waals surface area (Å²) >= 11 is 0. The number of carbonyl (C=O) groups excluding carboxylic acids is 5. The first-order chi connectivity index (χ1) is 14.0. The van der Waals surface area contributed by atoms with E-state index >= 15 is 0 Å². The summed E-state index contributed by atoms with van der Waals surface area (Å²) in [6.07, 6.45) is 0.523. The number of esters is 5. The average Bonchev–Trinajstić information content (AvgIpc) is 3.34. The Morgan fingerprint density at radius 3 is 1.93 bits per heavy atom. The Kier molecular flexibility index (Phi) is 5.68. The van der Waals surface area contributed by atoms with Crippen LogP contribution >= 0.6 is 0 Å². The van der Waals surface area contributed by atoms with Gasteiger partial charge in [0.2, 0.25) is 0 Å². The molecule has 30 heavy (non-hydrogen) atoms. The summed E-state index contributed by atoms with van der Waals surface area (Å²) in [6, 6.07) is 0. The maximum absolute atomic E-state index is 12.8. The fourth-order valence-corrected chi connectivity index (χ4v) is 6.29. The molecule has 0 amide bonds. The van der Waals surface area contributed by atoms with Crippen LogP contribution in [-0.4, -0.2) is 51.2 Å². The van der Waals surface area contributed by atoms with Gasteiger partial charge in [0.25, 0.3) is 0 Å². The highest BCUT2D eigenvalue weighted by atomic mass is 16.6. The lowest BCUT2D eigenvalue weighted by Crippen LogP contribution is -2.49. The Labute approximate surface area is 174 Å². The van der Waals surface area contributed by atoms with Crippen molar-refractivity contribution in [2.45, 2.75) is 27.2 Å². The normalized spacial score (nSPS) is 37.7. The molecule has 2 saturated carbocycles. The molecule has 0 aromatic rings. The Bertz CT molecular complexity index is 785. The van der Waals surface area contributed by atoms with Gasteiger partial charge in [0.15, 0.2) is 0 Å². The summed E-state index contributed by atoms with van der Waals surface area (Å²) in [7, 11) is 3.74. The van der Waals surface area contributed by atoms with Crippen LogP contribution in [0.25, 0.3) is 0 Å². The Balaban J connectivity index is 2.03. The number of rotatable bonds is 5. The van der Waals surface area contributed by atoms with Crippen molar-refractivity contribution in [3.63, 3.8) is 0 Å². The highest BCUT2D eigenvalue weighted by Crippen LogP contribution is 2.63. The molecule has 8 unspecified atom stereocenters. The molecule has 3 rings (SSSR count). The molecule has 3 fully saturated rings. The predicted octanol–water partition coefficient (Wildman–Crippen LogP) is 0.982. The molecule has 9 heteroatoms. The third-order valence-electron chi connectivity index (χ3n) is 7.57. The number of methoxy groups -OCH3 is 3. The predicted molar refractivity (Wildman–Crippen MR) is 99.1 cm³/mol. The maximum atomic E-state index is 12.8. The minimum Gasteiger partial charge on any atom is -0.469 e. The number of hydrogen-bond acceptors (Lipinski definition) is 9.